The number of nitrogens with one attached hydrogen (secondary N) is 2. The molecular formula is C21H27F3N5O+. The highest BCUT2D eigenvalue weighted by atomic mass is 19.4. The van der Waals surface area contributed by atoms with Gasteiger partial charge in [-0.3, -0.25) is 0 Å². The van der Waals surface area contributed by atoms with Gasteiger partial charge in [-0.15, -0.1) is 0 Å². The minimum absolute atomic E-state index is 0.0667. The normalized spacial score (nSPS) is 20.8. The van der Waals surface area contributed by atoms with E-state index in [-0.39, 0.29) is 17.3 Å². The van der Waals surface area contributed by atoms with Gasteiger partial charge in [0, 0.05) is 17.4 Å². The molecule has 1 aromatic carbocycles. The minimum atomic E-state index is -4.37. The topological polar surface area (TPSA) is 86.4 Å². The molecule has 9 heteroatoms. The van der Waals surface area contributed by atoms with Gasteiger partial charge in [-0.05, 0) is 43.5 Å². The number of hydrogen-bond donors (Lipinski definition) is 3. The second-order valence-corrected chi connectivity index (χ2v) is 7.62. The lowest BCUT2D eigenvalue weighted by atomic mass is 9.96. The Morgan fingerprint density at radius 2 is 2.07 bits per heavy atom. The lowest BCUT2D eigenvalue weighted by molar-refractivity contribution is -0.481. The summed E-state index contributed by atoms with van der Waals surface area (Å²) in [6, 6.07) is 4.78. The summed E-state index contributed by atoms with van der Waals surface area (Å²) in [4.78, 5) is 4.72. The summed E-state index contributed by atoms with van der Waals surface area (Å²) in [5, 5.41) is 14.0. The Bertz CT molecular complexity index is 883. The van der Waals surface area contributed by atoms with Crippen LogP contribution < -0.4 is 15.5 Å². The molecule has 0 bridgehead atoms. The molecule has 1 heterocycles. The van der Waals surface area contributed by atoms with E-state index in [1.165, 1.54) is 19.6 Å². The van der Waals surface area contributed by atoms with E-state index in [2.05, 4.69) is 10.5 Å². The molecule has 0 unspecified atom stereocenters. The quantitative estimate of drug-likeness (QED) is 0.636. The third-order valence-corrected chi connectivity index (χ3v) is 5.07. The van der Waals surface area contributed by atoms with Crippen molar-refractivity contribution in [2.75, 3.05) is 7.11 Å². The van der Waals surface area contributed by atoms with E-state index < -0.39 is 12.6 Å². The average molecular weight is 422 g/mol. The van der Waals surface area contributed by atoms with Crippen LogP contribution in [0.1, 0.15) is 50.2 Å². The summed E-state index contributed by atoms with van der Waals surface area (Å²) < 4.78 is 44.7. The molecule has 1 fully saturated rings. The first-order valence-corrected chi connectivity index (χ1v) is 10.0. The number of halogens is 3. The van der Waals surface area contributed by atoms with E-state index in [0.717, 1.165) is 25.7 Å². The van der Waals surface area contributed by atoms with Gasteiger partial charge >= 0.3 is 12.1 Å². The molecule has 0 saturated heterocycles. The van der Waals surface area contributed by atoms with Gasteiger partial charge in [0.05, 0.1) is 19.6 Å². The van der Waals surface area contributed by atoms with Gasteiger partial charge in [0.25, 0.3) is 0 Å². The number of hydrazone groups is 1. The summed E-state index contributed by atoms with van der Waals surface area (Å²) in [6.07, 6.45) is 1.67. The van der Waals surface area contributed by atoms with Crippen LogP contribution in [0.4, 0.5) is 13.2 Å². The second-order valence-electron chi connectivity index (χ2n) is 7.62. The van der Waals surface area contributed by atoms with E-state index in [1.807, 2.05) is 0 Å². The van der Waals surface area contributed by atoms with Crippen molar-refractivity contribution in [1.29, 1.82) is 5.41 Å². The van der Waals surface area contributed by atoms with Crippen molar-refractivity contribution in [2.45, 2.75) is 57.7 Å². The van der Waals surface area contributed by atoms with Crippen molar-refractivity contribution >= 4 is 17.4 Å². The fourth-order valence-electron chi connectivity index (χ4n) is 3.75. The fourth-order valence-corrected chi connectivity index (χ4v) is 3.75. The van der Waals surface area contributed by atoms with Crippen molar-refractivity contribution in [3.8, 4) is 5.75 Å². The number of quaternary nitrogens is 1. The predicted molar refractivity (Wildman–Crippen MR) is 110 cm³/mol. The zero-order valence-electron chi connectivity index (χ0n) is 17.1. The van der Waals surface area contributed by atoms with Gasteiger partial charge in [-0.2, -0.15) is 18.3 Å². The summed E-state index contributed by atoms with van der Waals surface area (Å²) in [5.74, 6) is 0.920. The van der Waals surface area contributed by atoms with Crippen LogP contribution in [0.5, 0.6) is 5.75 Å². The van der Waals surface area contributed by atoms with E-state index in [4.69, 9.17) is 15.1 Å². The molecule has 2 aliphatic rings. The molecule has 0 spiro atoms. The maximum absolute atomic E-state index is 13.2. The molecule has 0 aromatic heterocycles. The van der Waals surface area contributed by atoms with E-state index >= 15 is 0 Å². The molecule has 4 N–H and O–H groups in total. The van der Waals surface area contributed by atoms with Gasteiger partial charge in [0.15, 0.2) is 11.4 Å². The number of guanidine groups is 1. The second kappa shape index (κ2) is 9.42. The van der Waals surface area contributed by atoms with E-state index in [0.29, 0.717) is 28.7 Å². The Hall–Kier alpha value is -2.68. The van der Waals surface area contributed by atoms with Gasteiger partial charge in [-0.1, -0.05) is 19.3 Å². The monoisotopic (exact) mass is 422 g/mol. The molecule has 6 nitrogen and oxygen atoms in total. The highest BCUT2D eigenvalue weighted by molar-refractivity contribution is 6.16. The first-order valence-electron chi connectivity index (χ1n) is 10.0. The Morgan fingerprint density at radius 1 is 1.33 bits per heavy atom. The van der Waals surface area contributed by atoms with Crippen molar-refractivity contribution < 1.29 is 23.2 Å². The van der Waals surface area contributed by atoms with Crippen LogP contribution in [0.15, 0.2) is 40.1 Å². The molecular weight excluding hydrogens is 395 g/mol. The highest BCUT2D eigenvalue weighted by Gasteiger charge is 2.32. The maximum Gasteiger partial charge on any atom is 0.393 e. The zero-order valence-corrected chi connectivity index (χ0v) is 17.1. The van der Waals surface area contributed by atoms with Crippen LogP contribution in [-0.2, 0) is 6.42 Å². The number of methoxy groups -OCH3 is 1. The molecule has 0 atom stereocenters. The molecule has 1 saturated carbocycles. The molecule has 0 radical (unpaired) electrons. The SMILES string of the molecule is COc1ccc(C2=NNC(=NC3CCCCC3)[NH2+]/C2=C\C(C)=N)c(CC(F)(F)F)c1. The van der Waals surface area contributed by atoms with Crippen LogP contribution in [0, 0.1) is 5.41 Å². The molecule has 1 aromatic rings. The van der Waals surface area contributed by atoms with E-state index in [9.17, 15) is 13.2 Å². The molecule has 30 heavy (non-hydrogen) atoms. The number of rotatable bonds is 5. The van der Waals surface area contributed by atoms with Crippen molar-refractivity contribution in [3.05, 3.63) is 41.1 Å². The number of allylic oxidation sites excluding steroid dienone is 2. The van der Waals surface area contributed by atoms with Crippen LogP contribution in [0.25, 0.3) is 0 Å². The predicted octanol–water partition coefficient (Wildman–Crippen LogP) is 3.28. The Labute approximate surface area is 173 Å². The van der Waals surface area contributed by atoms with Crippen LogP contribution in [0.3, 0.4) is 0 Å². The smallest absolute Gasteiger partial charge is 0.393 e. The number of benzene rings is 1. The average Bonchev–Trinajstić information content (AvgIpc) is 2.68. The van der Waals surface area contributed by atoms with Gasteiger partial charge in [0.2, 0.25) is 0 Å². The molecule has 3 rings (SSSR count). The minimum Gasteiger partial charge on any atom is -0.497 e. The highest BCUT2D eigenvalue weighted by Crippen LogP contribution is 2.28. The van der Waals surface area contributed by atoms with Gasteiger partial charge in [0.1, 0.15) is 5.75 Å². The number of nitrogens with zero attached hydrogens (tertiary/aromatic N) is 2. The first-order chi connectivity index (χ1) is 14.2. The van der Waals surface area contributed by atoms with E-state index in [1.54, 1.807) is 30.4 Å². The largest absolute Gasteiger partial charge is 0.497 e. The summed E-state index contributed by atoms with van der Waals surface area (Å²) in [5.41, 5.74) is 4.50. The standard InChI is InChI=1S/C21H26F3N5O/c1-13(25)10-18-19(28-29-20(27-18)26-15-6-4-3-5-7-15)17-9-8-16(30-2)11-14(17)12-21(22,23)24/h8-11,15,25H,3-7,12H2,1-2H3,(H2,26,27,29)/p+1/b18-10-,25-13?. The molecule has 1 aliphatic heterocycles. The maximum atomic E-state index is 13.2. The number of aliphatic imine (C=N–C) groups is 1. The van der Waals surface area contributed by atoms with Gasteiger partial charge < -0.3 is 10.1 Å². The lowest BCUT2D eigenvalue weighted by Gasteiger charge is -2.21. The van der Waals surface area contributed by atoms with Crippen molar-refractivity contribution in [3.63, 3.8) is 0 Å². The summed E-state index contributed by atoms with van der Waals surface area (Å²) >= 11 is 0. The molecule has 1 aliphatic carbocycles. The zero-order chi connectivity index (χ0) is 21.7. The first kappa shape index (κ1) is 22.0. The third-order valence-electron chi connectivity index (χ3n) is 5.07. The van der Waals surface area contributed by atoms with Crippen LogP contribution in [0.2, 0.25) is 0 Å². The van der Waals surface area contributed by atoms with Crippen molar-refractivity contribution in [1.82, 2.24) is 5.43 Å². The molecule has 0 amide bonds. The summed E-state index contributed by atoms with van der Waals surface area (Å²) in [6.45, 7) is 1.61. The Kier molecular flexibility index (Phi) is 6.91. The number of ether oxygens (including phenoxy) is 1. The van der Waals surface area contributed by atoms with Crippen LogP contribution >= 0.6 is 0 Å². The van der Waals surface area contributed by atoms with Crippen LogP contribution in [-0.4, -0.2) is 36.7 Å². The fraction of sp³-hybridized carbons (Fsp3) is 0.476. The lowest BCUT2D eigenvalue weighted by Crippen LogP contribution is -2.92. The molecule has 162 valence electrons. The third kappa shape index (κ3) is 5.91. The Morgan fingerprint density at radius 3 is 2.70 bits per heavy atom. The summed E-state index contributed by atoms with van der Waals surface area (Å²) in [7, 11) is 1.41. The van der Waals surface area contributed by atoms with Crippen molar-refractivity contribution in [2.24, 2.45) is 10.1 Å². The number of hydrogen-bond acceptors (Lipinski definition) is 4. The number of alkyl halides is 3. The number of nitrogens with two attached hydrogens (primary N) is 1. The van der Waals surface area contributed by atoms with Gasteiger partial charge in [-0.25, -0.2) is 15.7 Å². The Balaban J connectivity index is 1.98.